The summed E-state index contributed by atoms with van der Waals surface area (Å²) in [5.41, 5.74) is 1.28. The van der Waals surface area contributed by atoms with Crippen LogP contribution in [0.2, 0.25) is 0 Å². The van der Waals surface area contributed by atoms with Crippen LogP contribution in [0, 0.1) is 5.92 Å². The molecule has 1 saturated heterocycles. The number of oxazole rings is 1. The number of aryl methyl sites for hydroxylation is 1. The number of nitrogens with zero attached hydrogens (tertiary/aromatic N) is 2. The summed E-state index contributed by atoms with van der Waals surface area (Å²) in [4.78, 5) is 43.5. The van der Waals surface area contributed by atoms with E-state index in [9.17, 15) is 14.4 Å². The molecule has 9 nitrogen and oxygen atoms in total. The van der Waals surface area contributed by atoms with E-state index in [0.717, 1.165) is 25.2 Å². The molecule has 1 aliphatic heterocycles. The molecule has 1 atom stereocenters. The van der Waals surface area contributed by atoms with Crippen molar-refractivity contribution in [3.63, 3.8) is 0 Å². The molecule has 1 aromatic heterocycles. The predicted molar refractivity (Wildman–Crippen MR) is 141 cm³/mol. The number of unbranched alkanes of at least 4 members (excludes halogenated alkanes) is 1. The fourth-order valence-electron chi connectivity index (χ4n) is 5.63. The topological polar surface area (TPSA) is 122 Å². The van der Waals surface area contributed by atoms with Crippen molar-refractivity contribution >= 4 is 17.8 Å². The third-order valence-corrected chi connectivity index (χ3v) is 7.76. The van der Waals surface area contributed by atoms with Crippen LogP contribution in [-0.4, -0.2) is 53.0 Å². The fourth-order valence-corrected chi connectivity index (χ4v) is 5.63. The van der Waals surface area contributed by atoms with E-state index in [1.807, 2.05) is 0 Å². The van der Waals surface area contributed by atoms with Crippen molar-refractivity contribution in [1.82, 2.24) is 15.2 Å². The summed E-state index contributed by atoms with van der Waals surface area (Å²) in [6.07, 6.45) is 13.0. The summed E-state index contributed by atoms with van der Waals surface area (Å²) >= 11 is 0. The summed E-state index contributed by atoms with van der Waals surface area (Å²) in [5, 5.41) is 12.1. The largest absolute Gasteiger partial charge is 0.497 e. The van der Waals surface area contributed by atoms with Gasteiger partial charge in [0, 0.05) is 25.1 Å². The van der Waals surface area contributed by atoms with Gasteiger partial charge in [-0.25, -0.2) is 4.98 Å². The molecule has 206 valence electrons. The van der Waals surface area contributed by atoms with Crippen molar-refractivity contribution < 1.29 is 28.6 Å². The molecule has 1 aromatic carbocycles. The predicted octanol–water partition coefficient (Wildman–Crippen LogP) is 5.16. The van der Waals surface area contributed by atoms with Gasteiger partial charge >= 0.3 is 5.97 Å². The number of carboxylic acid groups (broad SMARTS) is 1. The minimum Gasteiger partial charge on any atom is -0.497 e. The van der Waals surface area contributed by atoms with Gasteiger partial charge in [0.05, 0.1) is 7.11 Å². The number of aliphatic carboxylic acids is 1. The number of hydrogen-bond donors (Lipinski definition) is 2. The Morgan fingerprint density at radius 1 is 1.13 bits per heavy atom. The van der Waals surface area contributed by atoms with E-state index in [4.69, 9.17) is 14.3 Å². The lowest BCUT2D eigenvalue weighted by molar-refractivity contribution is -0.136. The maximum absolute atomic E-state index is 13.6. The van der Waals surface area contributed by atoms with Crippen molar-refractivity contribution in [3.05, 3.63) is 47.2 Å². The molecule has 0 spiro atoms. The minimum absolute atomic E-state index is 0.0746. The zero-order valence-corrected chi connectivity index (χ0v) is 22.2. The molecule has 38 heavy (non-hydrogen) atoms. The Bertz CT molecular complexity index is 1110. The standard InChI is InChI=1S/C29H39N3O6/c1-37-22-14-12-21(13-15-26(33)34)23(18-22)29(36)32-17-7-11-25(32)28-31-24(19-38-28)27(35)30-16-6-5-10-20-8-3-2-4-9-20/h12,14,18-20,25H,2-11,13,15-17H2,1H3,(H,30,35)(H,33,34). The first-order valence-electron chi connectivity index (χ1n) is 13.9. The van der Waals surface area contributed by atoms with Crippen LogP contribution in [-0.2, 0) is 11.2 Å². The average Bonchev–Trinajstić information content (AvgIpc) is 3.62. The molecular formula is C29H39N3O6. The third-order valence-electron chi connectivity index (χ3n) is 7.76. The van der Waals surface area contributed by atoms with Crippen molar-refractivity contribution in [1.29, 1.82) is 0 Å². The van der Waals surface area contributed by atoms with Crippen LogP contribution < -0.4 is 10.1 Å². The molecule has 1 aliphatic carbocycles. The lowest BCUT2D eigenvalue weighted by Crippen LogP contribution is -2.31. The van der Waals surface area contributed by atoms with E-state index < -0.39 is 12.0 Å². The molecule has 2 heterocycles. The van der Waals surface area contributed by atoms with Gasteiger partial charge in [0.25, 0.3) is 11.8 Å². The van der Waals surface area contributed by atoms with Gasteiger partial charge in [-0.05, 0) is 49.3 Å². The first kappa shape index (κ1) is 27.7. The van der Waals surface area contributed by atoms with Crippen LogP contribution >= 0.6 is 0 Å². The number of carbonyl (C=O) groups is 3. The summed E-state index contributed by atoms with van der Waals surface area (Å²) < 4.78 is 11.0. The molecule has 2 N–H and O–H groups in total. The first-order valence-corrected chi connectivity index (χ1v) is 13.9. The Kier molecular flexibility index (Phi) is 9.79. The summed E-state index contributed by atoms with van der Waals surface area (Å²) in [6.45, 7) is 1.13. The van der Waals surface area contributed by atoms with Crippen LogP contribution in [0.25, 0.3) is 0 Å². The molecular weight excluding hydrogens is 486 g/mol. The van der Waals surface area contributed by atoms with E-state index in [1.54, 1.807) is 23.1 Å². The Morgan fingerprint density at radius 3 is 2.71 bits per heavy atom. The summed E-state index contributed by atoms with van der Waals surface area (Å²) in [6, 6.07) is 4.73. The molecule has 1 saturated carbocycles. The summed E-state index contributed by atoms with van der Waals surface area (Å²) in [7, 11) is 1.52. The van der Waals surface area contributed by atoms with Gasteiger partial charge in [-0.15, -0.1) is 0 Å². The molecule has 1 unspecified atom stereocenters. The van der Waals surface area contributed by atoms with E-state index in [1.165, 1.54) is 51.9 Å². The molecule has 9 heteroatoms. The third kappa shape index (κ3) is 7.14. The SMILES string of the molecule is COc1ccc(CCC(=O)O)c(C(=O)N2CCCC2c2nc(C(=O)NCCCCC3CCCCC3)co2)c1. The van der Waals surface area contributed by atoms with Crippen LogP contribution in [0.15, 0.2) is 28.9 Å². The Labute approximate surface area is 223 Å². The normalized spacial score (nSPS) is 17.9. The Balaban J connectivity index is 1.35. The number of nitrogens with one attached hydrogen (secondary N) is 1. The molecule has 0 bridgehead atoms. The lowest BCUT2D eigenvalue weighted by atomic mass is 9.86. The van der Waals surface area contributed by atoms with Gasteiger partial charge in [0.1, 0.15) is 18.1 Å². The van der Waals surface area contributed by atoms with Gasteiger partial charge < -0.3 is 24.5 Å². The highest BCUT2D eigenvalue weighted by atomic mass is 16.5. The molecule has 2 aliphatic rings. The second-order valence-electron chi connectivity index (χ2n) is 10.4. The number of carboxylic acids is 1. The van der Waals surface area contributed by atoms with E-state index in [0.29, 0.717) is 42.3 Å². The second-order valence-corrected chi connectivity index (χ2v) is 10.4. The minimum atomic E-state index is -0.923. The van der Waals surface area contributed by atoms with E-state index in [-0.39, 0.29) is 30.3 Å². The Morgan fingerprint density at radius 2 is 1.95 bits per heavy atom. The van der Waals surface area contributed by atoms with Crippen molar-refractivity contribution in [2.75, 3.05) is 20.2 Å². The number of rotatable bonds is 12. The van der Waals surface area contributed by atoms with Crippen LogP contribution in [0.3, 0.4) is 0 Å². The molecule has 4 rings (SSSR count). The number of ether oxygens (including phenoxy) is 1. The quantitative estimate of drug-likeness (QED) is 0.367. The van der Waals surface area contributed by atoms with Crippen molar-refractivity contribution in [2.45, 2.75) is 83.1 Å². The number of likely N-dealkylation sites (tertiary alicyclic amines) is 1. The number of amides is 2. The number of methoxy groups -OCH3 is 1. The molecule has 2 aromatic rings. The molecule has 2 fully saturated rings. The van der Waals surface area contributed by atoms with E-state index >= 15 is 0 Å². The van der Waals surface area contributed by atoms with Gasteiger partial charge in [0.2, 0.25) is 5.89 Å². The second kappa shape index (κ2) is 13.4. The van der Waals surface area contributed by atoms with Crippen LogP contribution in [0.4, 0.5) is 0 Å². The van der Waals surface area contributed by atoms with Crippen LogP contribution in [0.5, 0.6) is 5.75 Å². The number of benzene rings is 1. The van der Waals surface area contributed by atoms with Crippen molar-refractivity contribution in [2.24, 2.45) is 5.92 Å². The van der Waals surface area contributed by atoms with E-state index in [2.05, 4.69) is 10.3 Å². The maximum Gasteiger partial charge on any atom is 0.303 e. The van der Waals surface area contributed by atoms with Gasteiger partial charge in [0.15, 0.2) is 5.69 Å². The number of aromatic nitrogens is 1. The number of hydrogen-bond acceptors (Lipinski definition) is 6. The number of carbonyl (C=O) groups excluding carboxylic acids is 2. The van der Waals surface area contributed by atoms with Gasteiger partial charge in [-0.3, -0.25) is 14.4 Å². The van der Waals surface area contributed by atoms with Gasteiger partial charge in [-0.2, -0.15) is 0 Å². The smallest absolute Gasteiger partial charge is 0.303 e. The zero-order valence-electron chi connectivity index (χ0n) is 22.2. The zero-order chi connectivity index (χ0) is 26.9. The van der Waals surface area contributed by atoms with Crippen molar-refractivity contribution in [3.8, 4) is 5.75 Å². The monoisotopic (exact) mass is 525 g/mol. The maximum atomic E-state index is 13.6. The summed E-state index contributed by atoms with van der Waals surface area (Å²) in [5.74, 6) is 0.296. The molecule has 2 amide bonds. The Hall–Kier alpha value is -3.36. The van der Waals surface area contributed by atoms with Gasteiger partial charge in [-0.1, -0.05) is 51.0 Å². The highest BCUT2D eigenvalue weighted by molar-refractivity contribution is 5.97. The lowest BCUT2D eigenvalue weighted by Gasteiger charge is -2.24. The first-order chi connectivity index (χ1) is 18.5. The van der Waals surface area contributed by atoms with Crippen LogP contribution in [0.1, 0.15) is 109 Å². The average molecular weight is 526 g/mol. The fraction of sp³-hybridized carbons (Fsp3) is 0.586. The highest BCUT2D eigenvalue weighted by Gasteiger charge is 2.35. The highest BCUT2D eigenvalue weighted by Crippen LogP contribution is 2.34. The molecule has 0 radical (unpaired) electrons.